The molecular formula is C13H9FN4O. The van der Waals surface area contributed by atoms with Crippen LogP contribution in [0.25, 0.3) is 11.2 Å². The van der Waals surface area contributed by atoms with E-state index in [9.17, 15) is 9.18 Å². The molecule has 5 nitrogen and oxygen atoms in total. The molecule has 0 bridgehead atoms. The van der Waals surface area contributed by atoms with Gasteiger partial charge >= 0.3 is 0 Å². The highest BCUT2D eigenvalue weighted by Crippen LogP contribution is 2.12. The van der Waals surface area contributed by atoms with Crippen molar-refractivity contribution in [1.29, 1.82) is 0 Å². The molecule has 2 aromatic heterocycles. The lowest BCUT2D eigenvalue weighted by atomic mass is 10.2. The lowest BCUT2D eigenvalue weighted by Gasteiger charge is -2.01. The summed E-state index contributed by atoms with van der Waals surface area (Å²) in [5, 5.41) is 2.60. The maximum Gasteiger partial charge on any atom is 0.257 e. The van der Waals surface area contributed by atoms with Crippen molar-refractivity contribution in [2.45, 2.75) is 0 Å². The standard InChI is InChI=1S/C13H9FN4O/c14-9-5-3-8(4-6-9)12(19)18-13-16-10-2-1-7-15-11(10)17-13/h1-7H,(H2,15,16,17,18,19). The highest BCUT2D eigenvalue weighted by molar-refractivity contribution is 6.03. The minimum Gasteiger partial charge on any atom is -0.322 e. The van der Waals surface area contributed by atoms with Crippen LogP contribution in [0.15, 0.2) is 42.6 Å². The molecule has 3 rings (SSSR count). The number of amides is 1. The van der Waals surface area contributed by atoms with Gasteiger partial charge in [-0.1, -0.05) is 0 Å². The maximum absolute atomic E-state index is 12.8. The van der Waals surface area contributed by atoms with E-state index in [1.807, 2.05) is 6.07 Å². The van der Waals surface area contributed by atoms with E-state index in [0.29, 0.717) is 17.2 Å². The van der Waals surface area contributed by atoms with Crippen LogP contribution in [0.4, 0.5) is 10.3 Å². The van der Waals surface area contributed by atoms with Gasteiger partial charge < -0.3 is 4.98 Å². The minimum absolute atomic E-state index is 0.308. The van der Waals surface area contributed by atoms with Crippen molar-refractivity contribution < 1.29 is 9.18 Å². The zero-order valence-corrected chi connectivity index (χ0v) is 9.72. The predicted molar refractivity (Wildman–Crippen MR) is 68.2 cm³/mol. The summed E-state index contributed by atoms with van der Waals surface area (Å²) in [7, 11) is 0. The summed E-state index contributed by atoms with van der Waals surface area (Å²) in [5.41, 5.74) is 1.61. The Hall–Kier alpha value is -2.76. The first-order valence-electron chi connectivity index (χ1n) is 5.60. The number of carbonyl (C=O) groups excluding carboxylic acids is 1. The van der Waals surface area contributed by atoms with Gasteiger partial charge in [0.15, 0.2) is 5.65 Å². The first-order chi connectivity index (χ1) is 9.22. The van der Waals surface area contributed by atoms with Crippen LogP contribution in [0, 0.1) is 5.82 Å². The molecule has 0 aliphatic heterocycles. The number of hydrogen-bond donors (Lipinski definition) is 2. The molecule has 0 unspecified atom stereocenters. The number of aromatic amines is 1. The molecule has 19 heavy (non-hydrogen) atoms. The van der Waals surface area contributed by atoms with Crippen molar-refractivity contribution in [2.24, 2.45) is 0 Å². The van der Waals surface area contributed by atoms with Crippen molar-refractivity contribution in [3.8, 4) is 0 Å². The second-order valence-corrected chi connectivity index (χ2v) is 3.92. The molecule has 0 spiro atoms. The third-order valence-electron chi connectivity index (χ3n) is 2.60. The number of H-pyrrole nitrogens is 1. The molecule has 0 fully saturated rings. The Balaban J connectivity index is 1.84. The predicted octanol–water partition coefficient (Wildman–Crippen LogP) is 2.35. The van der Waals surface area contributed by atoms with Crippen molar-refractivity contribution in [3.63, 3.8) is 0 Å². The summed E-state index contributed by atoms with van der Waals surface area (Å²) in [6.07, 6.45) is 1.62. The number of fused-ring (bicyclic) bond motifs is 1. The Morgan fingerprint density at radius 3 is 2.74 bits per heavy atom. The second kappa shape index (κ2) is 4.49. The Morgan fingerprint density at radius 2 is 2.00 bits per heavy atom. The SMILES string of the molecule is O=C(Nc1nc2ncccc2[nH]1)c1ccc(F)cc1. The molecule has 1 amide bonds. The fourth-order valence-electron chi connectivity index (χ4n) is 1.69. The number of rotatable bonds is 2. The van der Waals surface area contributed by atoms with E-state index in [-0.39, 0.29) is 11.7 Å². The summed E-state index contributed by atoms with van der Waals surface area (Å²) < 4.78 is 12.8. The molecular weight excluding hydrogens is 247 g/mol. The van der Waals surface area contributed by atoms with Gasteiger partial charge in [-0.15, -0.1) is 0 Å². The summed E-state index contributed by atoms with van der Waals surface area (Å²) in [5.74, 6) is -0.438. The van der Waals surface area contributed by atoms with Crippen molar-refractivity contribution >= 4 is 23.0 Å². The highest BCUT2D eigenvalue weighted by atomic mass is 19.1. The van der Waals surface area contributed by atoms with Crippen molar-refractivity contribution in [3.05, 3.63) is 54.0 Å². The van der Waals surface area contributed by atoms with Crippen LogP contribution in [0.1, 0.15) is 10.4 Å². The summed E-state index contributed by atoms with van der Waals surface area (Å²) in [6.45, 7) is 0. The number of nitrogens with zero attached hydrogens (tertiary/aromatic N) is 2. The molecule has 0 saturated carbocycles. The minimum atomic E-state index is -0.385. The molecule has 1 aromatic carbocycles. The molecule has 0 aliphatic carbocycles. The lowest BCUT2D eigenvalue weighted by molar-refractivity contribution is 0.102. The third kappa shape index (κ3) is 2.28. The number of aromatic nitrogens is 3. The zero-order chi connectivity index (χ0) is 13.2. The number of benzene rings is 1. The van der Waals surface area contributed by atoms with Gasteiger partial charge in [0.2, 0.25) is 5.95 Å². The largest absolute Gasteiger partial charge is 0.322 e. The van der Waals surface area contributed by atoms with Gasteiger partial charge in [-0.05, 0) is 36.4 Å². The first-order valence-corrected chi connectivity index (χ1v) is 5.60. The van der Waals surface area contributed by atoms with Gasteiger partial charge in [-0.25, -0.2) is 9.37 Å². The zero-order valence-electron chi connectivity index (χ0n) is 9.72. The number of hydrogen-bond acceptors (Lipinski definition) is 3. The molecule has 0 saturated heterocycles. The number of nitrogens with one attached hydrogen (secondary N) is 2. The van der Waals surface area contributed by atoms with Crippen LogP contribution in [-0.2, 0) is 0 Å². The summed E-state index contributed by atoms with van der Waals surface area (Å²) >= 11 is 0. The average Bonchev–Trinajstić information content (AvgIpc) is 2.81. The number of carbonyl (C=O) groups is 1. The van der Waals surface area contributed by atoms with Gasteiger partial charge in [0.1, 0.15) is 5.82 Å². The van der Waals surface area contributed by atoms with E-state index >= 15 is 0 Å². The van der Waals surface area contributed by atoms with Crippen LogP contribution in [0.3, 0.4) is 0 Å². The van der Waals surface area contributed by atoms with E-state index in [1.165, 1.54) is 24.3 Å². The number of imidazole rings is 1. The average molecular weight is 256 g/mol. The molecule has 2 N–H and O–H groups in total. The monoisotopic (exact) mass is 256 g/mol. The number of anilines is 1. The van der Waals surface area contributed by atoms with E-state index in [1.54, 1.807) is 12.3 Å². The molecule has 94 valence electrons. The van der Waals surface area contributed by atoms with Gasteiger partial charge in [0, 0.05) is 11.8 Å². The number of pyridine rings is 1. The summed E-state index contributed by atoms with van der Waals surface area (Å²) in [4.78, 5) is 23.0. The van der Waals surface area contributed by atoms with Crippen molar-refractivity contribution in [2.75, 3.05) is 5.32 Å². The Morgan fingerprint density at radius 1 is 1.21 bits per heavy atom. The third-order valence-corrected chi connectivity index (χ3v) is 2.60. The molecule has 0 atom stereocenters. The fraction of sp³-hybridized carbons (Fsp3) is 0. The van der Waals surface area contributed by atoms with Crippen LogP contribution < -0.4 is 5.32 Å². The van der Waals surface area contributed by atoms with Crippen LogP contribution in [0.5, 0.6) is 0 Å². The Kier molecular flexibility index (Phi) is 2.68. The molecule has 0 radical (unpaired) electrons. The normalized spacial score (nSPS) is 10.6. The Bertz CT molecular complexity index is 703. The molecule has 2 heterocycles. The topological polar surface area (TPSA) is 70.7 Å². The van der Waals surface area contributed by atoms with Gasteiger partial charge in [-0.2, -0.15) is 4.98 Å². The van der Waals surface area contributed by atoms with Gasteiger partial charge in [0.05, 0.1) is 5.52 Å². The first kappa shape index (κ1) is 11.3. The van der Waals surface area contributed by atoms with Crippen LogP contribution in [-0.4, -0.2) is 20.9 Å². The molecule has 6 heteroatoms. The van der Waals surface area contributed by atoms with E-state index in [2.05, 4.69) is 20.3 Å². The molecule has 0 aliphatic rings. The van der Waals surface area contributed by atoms with E-state index in [4.69, 9.17) is 0 Å². The highest BCUT2D eigenvalue weighted by Gasteiger charge is 2.09. The smallest absolute Gasteiger partial charge is 0.257 e. The van der Waals surface area contributed by atoms with Crippen LogP contribution >= 0.6 is 0 Å². The fourth-order valence-corrected chi connectivity index (χ4v) is 1.69. The number of halogens is 1. The lowest BCUT2D eigenvalue weighted by Crippen LogP contribution is -2.12. The second-order valence-electron chi connectivity index (χ2n) is 3.92. The maximum atomic E-state index is 12.8. The van der Waals surface area contributed by atoms with Crippen molar-refractivity contribution in [1.82, 2.24) is 15.0 Å². The van der Waals surface area contributed by atoms with E-state index < -0.39 is 0 Å². The summed E-state index contributed by atoms with van der Waals surface area (Å²) in [6, 6.07) is 8.86. The van der Waals surface area contributed by atoms with Crippen LogP contribution in [0.2, 0.25) is 0 Å². The van der Waals surface area contributed by atoms with Gasteiger partial charge in [-0.3, -0.25) is 10.1 Å². The van der Waals surface area contributed by atoms with Gasteiger partial charge in [0.25, 0.3) is 5.91 Å². The Labute approximate surface area is 107 Å². The molecule has 3 aromatic rings. The van der Waals surface area contributed by atoms with E-state index in [0.717, 1.165) is 5.52 Å². The quantitative estimate of drug-likeness (QED) is 0.739.